The molecule has 0 amide bonds. The number of hydrogen-bond acceptors (Lipinski definition) is 6. The average Bonchev–Trinajstić information content (AvgIpc) is 2.85. The van der Waals surface area contributed by atoms with Crippen molar-refractivity contribution in [2.24, 2.45) is 0 Å². The van der Waals surface area contributed by atoms with Crippen molar-refractivity contribution in [2.45, 2.75) is 80.6 Å². The highest BCUT2D eigenvalue weighted by molar-refractivity contribution is 7.66. The zero-order valence-corrected chi connectivity index (χ0v) is 24.9. The fraction of sp³-hybridized carbons (Fsp3) is 1.00. The van der Waals surface area contributed by atoms with Gasteiger partial charge in [-0.05, 0) is 52.9 Å². The van der Waals surface area contributed by atoms with Gasteiger partial charge in [0.05, 0.1) is 26.4 Å². The van der Waals surface area contributed by atoms with Crippen molar-refractivity contribution in [1.29, 1.82) is 0 Å². The van der Waals surface area contributed by atoms with E-state index < -0.39 is 15.4 Å². The lowest BCUT2D eigenvalue weighted by Gasteiger charge is -2.29. The first kappa shape index (κ1) is 33.6. The van der Waals surface area contributed by atoms with E-state index in [0.717, 1.165) is 116 Å². The van der Waals surface area contributed by atoms with Crippen LogP contribution in [-0.2, 0) is 22.8 Å². The topological polar surface area (TPSA) is 49.4 Å². The molecular formula is C25H57NO5P2+2. The van der Waals surface area contributed by atoms with Crippen molar-refractivity contribution in [3.8, 4) is 0 Å². The van der Waals surface area contributed by atoms with E-state index in [1.165, 1.54) is 0 Å². The Morgan fingerprint density at radius 1 is 0.515 bits per heavy atom. The number of ether oxygens (including phenoxy) is 1. The molecule has 0 aliphatic heterocycles. The molecule has 0 spiro atoms. The molecule has 0 fully saturated rings. The van der Waals surface area contributed by atoms with E-state index in [1.54, 1.807) is 0 Å². The average molecular weight is 514 g/mol. The standard InChI is InChI=1S/C25H57NO5P2/c1-8-19-28-32(13-6,29-20-9-2)24-17-26(16-15-23-27-12-5)18-25-33(14-7,30-21-10-3)31-22-11-4/h8-25H2,1-7H3/q+2. The molecule has 33 heavy (non-hydrogen) atoms. The summed E-state index contributed by atoms with van der Waals surface area (Å²) in [5, 5.41) is 0. The van der Waals surface area contributed by atoms with E-state index in [9.17, 15) is 0 Å². The predicted octanol–water partition coefficient (Wildman–Crippen LogP) is 7.16. The molecule has 0 atom stereocenters. The Kier molecular flexibility index (Phi) is 22.3. The van der Waals surface area contributed by atoms with E-state index in [-0.39, 0.29) is 0 Å². The van der Waals surface area contributed by atoms with Crippen molar-refractivity contribution < 1.29 is 22.8 Å². The highest BCUT2D eigenvalue weighted by Crippen LogP contribution is 2.62. The first-order valence-electron chi connectivity index (χ1n) is 13.6. The zero-order chi connectivity index (χ0) is 24.8. The van der Waals surface area contributed by atoms with Gasteiger partial charge in [-0.1, -0.05) is 27.7 Å². The maximum Gasteiger partial charge on any atom is 0.276 e. The smallest absolute Gasteiger partial charge is 0.276 e. The van der Waals surface area contributed by atoms with Crippen molar-refractivity contribution in [2.75, 3.05) is 83.9 Å². The van der Waals surface area contributed by atoms with E-state index in [0.29, 0.717) is 0 Å². The Morgan fingerprint density at radius 3 is 1.21 bits per heavy atom. The van der Waals surface area contributed by atoms with Gasteiger partial charge in [0.2, 0.25) is 0 Å². The second-order valence-electron chi connectivity index (χ2n) is 8.43. The minimum absolute atomic E-state index is 0.778. The third kappa shape index (κ3) is 15.4. The molecular weight excluding hydrogens is 456 g/mol. The fourth-order valence-corrected chi connectivity index (χ4v) is 8.77. The third-order valence-electron chi connectivity index (χ3n) is 5.57. The van der Waals surface area contributed by atoms with Crippen LogP contribution in [0, 0.1) is 0 Å². The molecule has 200 valence electrons. The SMILES string of the molecule is CCCO[P+](CC)(CCN(CCCOCC)CC[P+](CC)(OCCC)OCCC)OCCC. The summed E-state index contributed by atoms with van der Waals surface area (Å²) in [7, 11) is -3.68. The second kappa shape index (κ2) is 21.9. The second-order valence-corrected chi connectivity index (χ2v) is 14.9. The maximum atomic E-state index is 6.39. The van der Waals surface area contributed by atoms with Crippen molar-refractivity contribution in [3.63, 3.8) is 0 Å². The van der Waals surface area contributed by atoms with Crippen LogP contribution in [0.4, 0.5) is 0 Å². The zero-order valence-electron chi connectivity index (χ0n) is 23.1. The molecule has 0 N–H and O–H groups in total. The molecule has 0 aromatic rings. The van der Waals surface area contributed by atoms with Gasteiger partial charge in [0.1, 0.15) is 24.6 Å². The Balaban J connectivity index is 5.27. The summed E-state index contributed by atoms with van der Waals surface area (Å²) in [4.78, 5) is 2.57. The van der Waals surface area contributed by atoms with Gasteiger partial charge in [-0.25, -0.2) is 18.1 Å². The predicted molar refractivity (Wildman–Crippen MR) is 147 cm³/mol. The Labute approximate surface area is 207 Å². The van der Waals surface area contributed by atoms with Gasteiger partial charge >= 0.3 is 0 Å². The Bertz CT molecular complexity index is 384. The van der Waals surface area contributed by atoms with E-state index in [2.05, 4.69) is 53.4 Å². The molecule has 0 bridgehead atoms. The monoisotopic (exact) mass is 513 g/mol. The van der Waals surface area contributed by atoms with Gasteiger partial charge in [-0.3, -0.25) is 4.90 Å². The van der Waals surface area contributed by atoms with Crippen LogP contribution in [0.25, 0.3) is 0 Å². The lowest BCUT2D eigenvalue weighted by Crippen LogP contribution is -2.34. The minimum Gasteiger partial charge on any atom is -0.382 e. The quantitative estimate of drug-likeness (QED) is 0.0954. The van der Waals surface area contributed by atoms with Crippen LogP contribution in [0.2, 0.25) is 0 Å². The first-order chi connectivity index (χ1) is 16.0. The first-order valence-corrected chi connectivity index (χ1v) is 17.6. The highest BCUT2D eigenvalue weighted by Gasteiger charge is 2.42. The summed E-state index contributed by atoms with van der Waals surface area (Å²) in [5.41, 5.74) is 0. The van der Waals surface area contributed by atoms with E-state index >= 15 is 0 Å². The van der Waals surface area contributed by atoms with Crippen LogP contribution in [-0.4, -0.2) is 88.8 Å². The summed E-state index contributed by atoms with van der Waals surface area (Å²) < 4.78 is 31.2. The van der Waals surface area contributed by atoms with Crippen LogP contribution in [0.1, 0.15) is 80.6 Å². The van der Waals surface area contributed by atoms with Gasteiger partial charge in [-0.15, -0.1) is 0 Å². The van der Waals surface area contributed by atoms with Crippen molar-refractivity contribution >= 4 is 15.4 Å². The summed E-state index contributed by atoms with van der Waals surface area (Å²) >= 11 is 0. The Hall–Kier alpha value is 0.620. The van der Waals surface area contributed by atoms with Gasteiger partial charge in [-0.2, -0.15) is 0 Å². The molecule has 0 rings (SSSR count). The fourth-order valence-electron chi connectivity index (χ4n) is 3.50. The van der Waals surface area contributed by atoms with E-state index in [1.807, 2.05) is 0 Å². The molecule has 0 unspecified atom stereocenters. The summed E-state index contributed by atoms with van der Waals surface area (Å²) in [5.74, 6) is 0. The van der Waals surface area contributed by atoms with Gasteiger partial charge in [0.25, 0.3) is 15.4 Å². The summed E-state index contributed by atoms with van der Waals surface area (Å²) in [6, 6.07) is 0. The largest absolute Gasteiger partial charge is 0.382 e. The number of hydrogen-bond donors (Lipinski definition) is 0. The molecule has 0 heterocycles. The molecule has 0 aliphatic carbocycles. The molecule has 0 aliphatic rings. The van der Waals surface area contributed by atoms with Crippen LogP contribution in [0.5, 0.6) is 0 Å². The molecule has 0 radical (unpaired) electrons. The lowest BCUT2D eigenvalue weighted by atomic mass is 10.4. The van der Waals surface area contributed by atoms with Crippen LogP contribution in [0.15, 0.2) is 0 Å². The molecule has 0 aromatic carbocycles. The van der Waals surface area contributed by atoms with Crippen molar-refractivity contribution in [1.82, 2.24) is 4.90 Å². The minimum atomic E-state index is -1.84. The van der Waals surface area contributed by atoms with Crippen LogP contribution in [0.3, 0.4) is 0 Å². The van der Waals surface area contributed by atoms with Crippen LogP contribution < -0.4 is 0 Å². The lowest BCUT2D eigenvalue weighted by molar-refractivity contribution is 0.133. The summed E-state index contributed by atoms with van der Waals surface area (Å²) in [6.45, 7) is 22.9. The highest BCUT2D eigenvalue weighted by atomic mass is 31.2. The molecule has 0 aromatic heterocycles. The van der Waals surface area contributed by atoms with Crippen molar-refractivity contribution in [3.05, 3.63) is 0 Å². The molecule has 8 heteroatoms. The number of rotatable bonds is 25. The van der Waals surface area contributed by atoms with Gasteiger partial charge < -0.3 is 4.74 Å². The van der Waals surface area contributed by atoms with Crippen LogP contribution >= 0.6 is 15.4 Å². The summed E-state index contributed by atoms with van der Waals surface area (Å²) in [6.07, 6.45) is 9.09. The molecule has 0 saturated heterocycles. The molecule has 0 saturated carbocycles. The molecule has 6 nitrogen and oxygen atoms in total. The third-order valence-corrected chi connectivity index (χ3v) is 11.9. The number of nitrogens with zero attached hydrogens (tertiary/aromatic N) is 1. The maximum absolute atomic E-state index is 6.39. The van der Waals surface area contributed by atoms with Gasteiger partial charge in [0.15, 0.2) is 0 Å². The normalized spacial score (nSPS) is 12.7. The Morgan fingerprint density at radius 2 is 0.909 bits per heavy atom. The van der Waals surface area contributed by atoms with E-state index in [4.69, 9.17) is 22.8 Å². The van der Waals surface area contributed by atoms with Gasteiger partial charge in [0, 0.05) is 32.8 Å².